The maximum Gasteiger partial charge on any atom is 0.344 e. The van der Waals surface area contributed by atoms with Crippen molar-refractivity contribution in [2.45, 2.75) is 25.3 Å². The van der Waals surface area contributed by atoms with Gasteiger partial charge in [-0.1, -0.05) is 12.1 Å². The van der Waals surface area contributed by atoms with Gasteiger partial charge in [0.05, 0.1) is 11.6 Å². The average molecular weight is 327 g/mol. The summed E-state index contributed by atoms with van der Waals surface area (Å²) in [7, 11) is 0. The molecule has 0 bridgehead atoms. The Balaban J connectivity index is 1.76. The largest absolute Gasteiger partial charge is 0.481 e. The van der Waals surface area contributed by atoms with Crippen LogP contribution in [0.15, 0.2) is 24.3 Å². The Kier molecular flexibility index (Phi) is 5.39. The number of carbonyl (C=O) groups is 2. The van der Waals surface area contributed by atoms with Gasteiger partial charge in [-0.05, 0) is 37.8 Å². The van der Waals surface area contributed by atoms with Crippen LogP contribution in [0.1, 0.15) is 25.3 Å². The second-order valence-electron chi connectivity index (χ2n) is 5.69. The molecule has 1 aromatic carbocycles. The van der Waals surface area contributed by atoms with Crippen molar-refractivity contribution in [1.29, 1.82) is 10.5 Å². The molecule has 1 atom stereocenters. The number of amides is 1. The fourth-order valence-electron chi connectivity index (χ4n) is 2.22. The number of hydrogen-bond acceptors (Lipinski definition) is 6. The minimum absolute atomic E-state index is 0.146. The summed E-state index contributed by atoms with van der Waals surface area (Å²) in [5.74, 6) is -0.847. The molecule has 7 heteroatoms. The molecule has 1 aliphatic carbocycles. The molecule has 0 aliphatic heterocycles. The lowest BCUT2D eigenvalue weighted by Gasteiger charge is -2.22. The SMILES string of the molecule is C[C@](C#N)(NC(=O)COC(=O)COc1ccccc1C#N)C1CC1. The van der Waals surface area contributed by atoms with E-state index in [2.05, 4.69) is 11.4 Å². The molecule has 1 amide bonds. The molecule has 0 radical (unpaired) electrons. The zero-order valence-electron chi connectivity index (χ0n) is 13.2. The third kappa shape index (κ3) is 4.47. The first-order valence-corrected chi connectivity index (χ1v) is 7.48. The van der Waals surface area contributed by atoms with Crippen molar-refractivity contribution < 1.29 is 19.1 Å². The number of nitrogens with one attached hydrogen (secondary N) is 1. The van der Waals surface area contributed by atoms with Crippen molar-refractivity contribution >= 4 is 11.9 Å². The maximum absolute atomic E-state index is 11.8. The minimum Gasteiger partial charge on any atom is -0.481 e. The Bertz CT molecular complexity index is 715. The van der Waals surface area contributed by atoms with E-state index >= 15 is 0 Å². The summed E-state index contributed by atoms with van der Waals surface area (Å²) < 4.78 is 10.0. The van der Waals surface area contributed by atoms with Gasteiger partial charge in [0.15, 0.2) is 13.2 Å². The van der Waals surface area contributed by atoms with Crippen molar-refractivity contribution in [1.82, 2.24) is 5.32 Å². The lowest BCUT2D eigenvalue weighted by molar-refractivity contribution is -0.150. The van der Waals surface area contributed by atoms with Crippen LogP contribution < -0.4 is 10.1 Å². The Labute approximate surface area is 139 Å². The van der Waals surface area contributed by atoms with Crippen LogP contribution in [0.5, 0.6) is 5.75 Å². The van der Waals surface area contributed by atoms with Gasteiger partial charge < -0.3 is 14.8 Å². The fourth-order valence-corrected chi connectivity index (χ4v) is 2.22. The minimum atomic E-state index is -0.925. The third-order valence-electron chi connectivity index (χ3n) is 3.74. The van der Waals surface area contributed by atoms with Gasteiger partial charge in [0.2, 0.25) is 0 Å². The zero-order valence-corrected chi connectivity index (χ0v) is 13.2. The Morgan fingerprint density at radius 3 is 2.62 bits per heavy atom. The van der Waals surface area contributed by atoms with Crippen molar-refractivity contribution in [3.63, 3.8) is 0 Å². The normalized spacial score (nSPS) is 15.3. The second-order valence-corrected chi connectivity index (χ2v) is 5.69. The monoisotopic (exact) mass is 327 g/mol. The fraction of sp³-hybridized carbons (Fsp3) is 0.412. The molecular weight excluding hydrogens is 310 g/mol. The predicted octanol–water partition coefficient (Wildman–Crippen LogP) is 1.29. The van der Waals surface area contributed by atoms with E-state index in [1.54, 1.807) is 31.2 Å². The summed E-state index contributed by atoms with van der Waals surface area (Å²) in [4.78, 5) is 23.4. The molecule has 0 unspecified atom stereocenters. The van der Waals surface area contributed by atoms with Gasteiger partial charge in [0.25, 0.3) is 5.91 Å². The molecule has 0 aromatic heterocycles. The van der Waals surface area contributed by atoms with E-state index < -0.39 is 30.6 Å². The number of esters is 1. The molecule has 0 heterocycles. The highest BCUT2D eigenvalue weighted by molar-refractivity contribution is 5.81. The van der Waals surface area contributed by atoms with Gasteiger partial charge in [-0.25, -0.2) is 4.79 Å². The van der Waals surface area contributed by atoms with Gasteiger partial charge in [-0.2, -0.15) is 10.5 Å². The van der Waals surface area contributed by atoms with Crippen LogP contribution in [0.25, 0.3) is 0 Å². The molecule has 24 heavy (non-hydrogen) atoms. The zero-order chi connectivity index (χ0) is 17.6. The van der Waals surface area contributed by atoms with Crippen molar-refractivity contribution in [2.75, 3.05) is 13.2 Å². The predicted molar refractivity (Wildman–Crippen MR) is 82.5 cm³/mol. The Morgan fingerprint density at radius 2 is 2.00 bits per heavy atom. The summed E-state index contributed by atoms with van der Waals surface area (Å²) in [6, 6.07) is 10.5. The number of para-hydroxylation sites is 1. The van der Waals surface area contributed by atoms with Crippen LogP contribution in [0, 0.1) is 28.6 Å². The number of rotatable bonds is 7. The highest BCUT2D eigenvalue weighted by Gasteiger charge is 2.43. The molecule has 0 saturated heterocycles. The standard InChI is InChI=1S/C17H17N3O4/c1-17(11-19,13-6-7-13)20-15(21)9-24-16(22)10-23-14-5-3-2-4-12(14)8-18/h2-5,13H,6-7,9-10H2,1H3,(H,20,21)/t17-/m1/s1. The maximum atomic E-state index is 11.8. The summed E-state index contributed by atoms with van der Waals surface area (Å²) in [6.45, 7) is 0.766. The van der Waals surface area contributed by atoms with Gasteiger partial charge in [-0.15, -0.1) is 0 Å². The summed E-state index contributed by atoms with van der Waals surface area (Å²) in [6.07, 6.45) is 1.80. The van der Waals surface area contributed by atoms with Crippen LogP contribution in [-0.4, -0.2) is 30.6 Å². The molecule has 2 rings (SSSR count). The van der Waals surface area contributed by atoms with E-state index in [-0.39, 0.29) is 11.7 Å². The number of hydrogen-bond donors (Lipinski definition) is 1. The highest BCUT2D eigenvalue weighted by Crippen LogP contribution is 2.39. The first kappa shape index (κ1) is 17.3. The second kappa shape index (κ2) is 7.47. The van der Waals surface area contributed by atoms with E-state index in [0.717, 1.165) is 12.8 Å². The van der Waals surface area contributed by atoms with Crippen LogP contribution in [0.2, 0.25) is 0 Å². The van der Waals surface area contributed by atoms with Crippen LogP contribution in [0.4, 0.5) is 0 Å². The number of nitrogens with zero attached hydrogens (tertiary/aromatic N) is 2. The van der Waals surface area contributed by atoms with Gasteiger partial charge >= 0.3 is 5.97 Å². The number of carbonyl (C=O) groups excluding carboxylic acids is 2. The summed E-state index contributed by atoms with van der Waals surface area (Å²) in [5.41, 5.74) is -0.622. The lowest BCUT2D eigenvalue weighted by Crippen LogP contribution is -2.48. The van der Waals surface area contributed by atoms with E-state index in [9.17, 15) is 9.59 Å². The van der Waals surface area contributed by atoms with Crippen LogP contribution in [0.3, 0.4) is 0 Å². The van der Waals surface area contributed by atoms with Crippen molar-refractivity contribution in [3.8, 4) is 17.9 Å². The molecule has 124 valence electrons. The lowest BCUT2D eigenvalue weighted by atomic mass is 9.98. The summed E-state index contributed by atoms with van der Waals surface area (Å²) in [5, 5.41) is 20.7. The molecule has 1 fully saturated rings. The molecule has 1 aliphatic rings. The van der Waals surface area contributed by atoms with Crippen molar-refractivity contribution in [2.24, 2.45) is 5.92 Å². The Morgan fingerprint density at radius 1 is 1.29 bits per heavy atom. The van der Waals surface area contributed by atoms with Gasteiger partial charge in [0.1, 0.15) is 17.4 Å². The van der Waals surface area contributed by atoms with E-state index in [1.165, 1.54) is 0 Å². The quantitative estimate of drug-likeness (QED) is 0.755. The number of benzene rings is 1. The van der Waals surface area contributed by atoms with E-state index in [1.807, 2.05) is 6.07 Å². The molecule has 1 saturated carbocycles. The molecule has 1 aromatic rings. The van der Waals surface area contributed by atoms with E-state index in [0.29, 0.717) is 5.56 Å². The van der Waals surface area contributed by atoms with Crippen molar-refractivity contribution in [3.05, 3.63) is 29.8 Å². The van der Waals surface area contributed by atoms with Crippen LogP contribution >= 0.6 is 0 Å². The molecule has 1 N–H and O–H groups in total. The highest BCUT2D eigenvalue weighted by atomic mass is 16.6. The number of ether oxygens (including phenoxy) is 2. The summed E-state index contributed by atoms with van der Waals surface area (Å²) >= 11 is 0. The van der Waals surface area contributed by atoms with Gasteiger partial charge in [-0.3, -0.25) is 4.79 Å². The third-order valence-corrected chi connectivity index (χ3v) is 3.74. The molecule has 7 nitrogen and oxygen atoms in total. The Hall–Kier alpha value is -3.06. The molecular formula is C17H17N3O4. The smallest absolute Gasteiger partial charge is 0.344 e. The topological polar surface area (TPSA) is 112 Å². The van der Waals surface area contributed by atoms with E-state index in [4.69, 9.17) is 20.0 Å². The average Bonchev–Trinajstić information content (AvgIpc) is 3.43. The van der Waals surface area contributed by atoms with Gasteiger partial charge in [0, 0.05) is 0 Å². The molecule has 0 spiro atoms. The first-order chi connectivity index (χ1) is 11.5. The first-order valence-electron chi connectivity index (χ1n) is 7.48. The van der Waals surface area contributed by atoms with Crippen LogP contribution in [-0.2, 0) is 14.3 Å². The number of nitriles is 2.